The highest BCUT2D eigenvalue weighted by atomic mass is 16.4. The summed E-state index contributed by atoms with van der Waals surface area (Å²) in [5.41, 5.74) is -0.828. The van der Waals surface area contributed by atoms with E-state index in [1.165, 1.54) is 4.90 Å². The SMILES string of the molecule is C#CCN(CC)C(=O)N1CCC(C)(C(=O)O)C1. The summed E-state index contributed by atoms with van der Waals surface area (Å²) in [6.45, 7) is 5.03. The molecular weight excluding hydrogens is 220 g/mol. The van der Waals surface area contributed by atoms with Crippen LogP contribution in [0.1, 0.15) is 20.3 Å². The fourth-order valence-electron chi connectivity index (χ4n) is 1.92. The smallest absolute Gasteiger partial charge is 0.320 e. The van der Waals surface area contributed by atoms with Gasteiger partial charge in [0.05, 0.1) is 12.0 Å². The number of nitrogens with zero attached hydrogens (tertiary/aromatic N) is 2. The van der Waals surface area contributed by atoms with Gasteiger partial charge in [-0.2, -0.15) is 0 Å². The molecule has 1 atom stereocenters. The van der Waals surface area contributed by atoms with Crippen LogP contribution in [-0.2, 0) is 4.79 Å². The van der Waals surface area contributed by atoms with Gasteiger partial charge in [0.2, 0.25) is 0 Å². The minimum absolute atomic E-state index is 0.171. The third-order valence-corrected chi connectivity index (χ3v) is 3.19. The van der Waals surface area contributed by atoms with Crippen molar-refractivity contribution in [1.82, 2.24) is 9.80 Å². The molecule has 0 saturated carbocycles. The van der Waals surface area contributed by atoms with Gasteiger partial charge in [0, 0.05) is 19.6 Å². The van der Waals surface area contributed by atoms with Gasteiger partial charge >= 0.3 is 12.0 Å². The molecule has 1 fully saturated rings. The normalized spacial score (nSPS) is 23.2. The summed E-state index contributed by atoms with van der Waals surface area (Å²) in [5, 5.41) is 9.09. The summed E-state index contributed by atoms with van der Waals surface area (Å²) in [6.07, 6.45) is 5.67. The van der Waals surface area contributed by atoms with Crippen molar-refractivity contribution in [2.75, 3.05) is 26.2 Å². The van der Waals surface area contributed by atoms with Crippen molar-refractivity contribution in [3.8, 4) is 12.3 Å². The first-order chi connectivity index (χ1) is 7.94. The van der Waals surface area contributed by atoms with E-state index in [0.29, 0.717) is 19.5 Å². The van der Waals surface area contributed by atoms with Crippen molar-refractivity contribution < 1.29 is 14.7 Å². The minimum Gasteiger partial charge on any atom is -0.481 e. The van der Waals surface area contributed by atoms with Crippen molar-refractivity contribution in [3.05, 3.63) is 0 Å². The Kier molecular flexibility index (Phi) is 4.00. The van der Waals surface area contributed by atoms with E-state index >= 15 is 0 Å². The molecule has 0 aromatic heterocycles. The second kappa shape index (κ2) is 5.09. The molecule has 0 spiro atoms. The molecule has 0 aromatic carbocycles. The van der Waals surface area contributed by atoms with E-state index in [0.717, 1.165) is 0 Å². The average molecular weight is 238 g/mol. The van der Waals surface area contributed by atoms with Crippen LogP contribution in [-0.4, -0.2) is 53.1 Å². The minimum atomic E-state index is -0.854. The van der Waals surface area contributed by atoms with Gasteiger partial charge < -0.3 is 14.9 Å². The number of aliphatic carboxylic acids is 1. The lowest BCUT2D eigenvalue weighted by molar-refractivity contribution is -0.147. The van der Waals surface area contributed by atoms with E-state index in [2.05, 4.69) is 5.92 Å². The van der Waals surface area contributed by atoms with Gasteiger partial charge in [0.25, 0.3) is 0 Å². The number of urea groups is 1. The van der Waals surface area contributed by atoms with Gasteiger partial charge in [0.15, 0.2) is 0 Å². The van der Waals surface area contributed by atoms with Crippen LogP contribution in [0.2, 0.25) is 0 Å². The largest absolute Gasteiger partial charge is 0.481 e. The fraction of sp³-hybridized carbons (Fsp3) is 0.667. The van der Waals surface area contributed by atoms with Crippen LogP contribution in [0.3, 0.4) is 0 Å². The van der Waals surface area contributed by atoms with Crippen LogP contribution >= 0.6 is 0 Å². The van der Waals surface area contributed by atoms with Gasteiger partial charge in [-0.05, 0) is 20.3 Å². The maximum absolute atomic E-state index is 12.0. The van der Waals surface area contributed by atoms with Crippen molar-refractivity contribution in [2.45, 2.75) is 20.3 Å². The van der Waals surface area contributed by atoms with E-state index in [1.807, 2.05) is 6.92 Å². The molecule has 1 unspecified atom stereocenters. The molecular formula is C12H18N2O3. The zero-order valence-corrected chi connectivity index (χ0v) is 10.3. The first kappa shape index (κ1) is 13.4. The van der Waals surface area contributed by atoms with Crippen LogP contribution in [0.4, 0.5) is 4.79 Å². The van der Waals surface area contributed by atoms with Crippen molar-refractivity contribution in [1.29, 1.82) is 0 Å². The standard InChI is InChI=1S/C12H18N2O3/c1-4-7-13(5-2)11(17)14-8-6-12(3,9-14)10(15)16/h1H,5-9H2,2-3H3,(H,15,16). The van der Waals surface area contributed by atoms with Crippen molar-refractivity contribution in [2.24, 2.45) is 5.41 Å². The predicted octanol–water partition coefficient (Wildman–Crippen LogP) is 0.858. The second-order valence-corrected chi connectivity index (χ2v) is 4.54. The number of hydrogen-bond acceptors (Lipinski definition) is 2. The Balaban J connectivity index is 2.68. The highest BCUT2D eigenvalue weighted by molar-refractivity contribution is 5.79. The third-order valence-electron chi connectivity index (χ3n) is 3.19. The Morgan fingerprint density at radius 3 is 2.65 bits per heavy atom. The lowest BCUT2D eigenvalue weighted by Gasteiger charge is -2.26. The molecule has 1 heterocycles. The zero-order chi connectivity index (χ0) is 13.1. The molecule has 0 aliphatic carbocycles. The molecule has 1 rings (SSSR count). The van der Waals surface area contributed by atoms with E-state index < -0.39 is 11.4 Å². The molecule has 5 heteroatoms. The average Bonchev–Trinajstić information content (AvgIpc) is 2.69. The molecule has 0 bridgehead atoms. The highest BCUT2D eigenvalue weighted by Crippen LogP contribution is 2.30. The van der Waals surface area contributed by atoms with Gasteiger partial charge in [-0.15, -0.1) is 6.42 Å². The molecule has 1 saturated heterocycles. The Hall–Kier alpha value is -1.70. The Labute approximate surface area is 101 Å². The lowest BCUT2D eigenvalue weighted by atomic mass is 9.90. The summed E-state index contributed by atoms with van der Waals surface area (Å²) >= 11 is 0. The molecule has 0 radical (unpaired) electrons. The number of carbonyl (C=O) groups is 2. The molecule has 1 aliphatic rings. The summed E-state index contributed by atoms with van der Waals surface area (Å²) in [7, 11) is 0. The molecule has 5 nitrogen and oxygen atoms in total. The number of likely N-dealkylation sites (tertiary alicyclic amines) is 1. The van der Waals surface area contributed by atoms with Crippen LogP contribution in [0.15, 0.2) is 0 Å². The van der Waals surface area contributed by atoms with E-state index in [1.54, 1.807) is 11.8 Å². The third kappa shape index (κ3) is 2.70. The summed E-state index contributed by atoms with van der Waals surface area (Å²) in [4.78, 5) is 26.2. The molecule has 94 valence electrons. The van der Waals surface area contributed by atoms with Crippen LogP contribution in [0, 0.1) is 17.8 Å². The molecule has 1 aliphatic heterocycles. The number of hydrogen-bond donors (Lipinski definition) is 1. The predicted molar refractivity (Wildman–Crippen MR) is 63.4 cm³/mol. The maximum atomic E-state index is 12.0. The topological polar surface area (TPSA) is 60.9 Å². The molecule has 17 heavy (non-hydrogen) atoms. The quantitative estimate of drug-likeness (QED) is 0.742. The molecule has 0 aromatic rings. The van der Waals surface area contributed by atoms with E-state index in [4.69, 9.17) is 11.5 Å². The Morgan fingerprint density at radius 1 is 1.59 bits per heavy atom. The lowest BCUT2D eigenvalue weighted by Crippen LogP contribution is -2.43. The van der Waals surface area contributed by atoms with E-state index in [9.17, 15) is 9.59 Å². The first-order valence-corrected chi connectivity index (χ1v) is 5.65. The second-order valence-electron chi connectivity index (χ2n) is 4.54. The van der Waals surface area contributed by atoms with Crippen molar-refractivity contribution in [3.63, 3.8) is 0 Å². The Morgan fingerprint density at radius 2 is 2.24 bits per heavy atom. The number of rotatable bonds is 3. The number of carbonyl (C=O) groups excluding carboxylic acids is 1. The summed E-state index contributed by atoms with van der Waals surface area (Å²) < 4.78 is 0. The molecule has 1 N–H and O–H groups in total. The Bertz CT molecular complexity index is 361. The monoisotopic (exact) mass is 238 g/mol. The van der Waals surface area contributed by atoms with E-state index in [-0.39, 0.29) is 19.1 Å². The van der Waals surface area contributed by atoms with Gasteiger partial charge in [-0.1, -0.05) is 5.92 Å². The van der Waals surface area contributed by atoms with Gasteiger partial charge in [-0.3, -0.25) is 4.79 Å². The summed E-state index contributed by atoms with van der Waals surface area (Å²) in [5.74, 6) is 1.57. The zero-order valence-electron chi connectivity index (χ0n) is 10.3. The maximum Gasteiger partial charge on any atom is 0.320 e. The van der Waals surface area contributed by atoms with Gasteiger partial charge in [-0.25, -0.2) is 4.79 Å². The van der Waals surface area contributed by atoms with Gasteiger partial charge in [0.1, 0.15) is 0 Å². The number of carboxylic acids is 1. The van der Waals surface area contributed by atoms with Crippen LogP contribution < -0.4 is 0 Å². The fourth-order valence-corrected chi connectivity index (χ4v) is 1.92. The highest BCUT2D eigenvalue weighted by Gasteiger charge is 2.42. The van der Waals surface area contributed by atoms with Crippen LogP contribution in [0.25, 0.3) is 0 Å². The van der Waals surface area contributed by atoms with Crippen LogP contribution in [0.5, 0.6) is 0 Å². The molecule has 2 amide bonds. The number of carboxylic acid groups (broad SMARTS) is 1. The number of terminal acetylenes is 1. The first-order valence-electron chi connectivity index (χ1n) is 5.65. The van der Waals surface area contributed by atoms with Crippen molar-refractivity contribution >= 4 is 12.0 Å². The number of amides is 2. The summed E-state index contributed by atoms with van der Waals surface area (Å²) in [6, 6.07) is -0.171.